The molecule has 10 heteroatoms. The van der Waals surface area contributed by atoms with Crippen molar-refractivity contribution in [1.29, 1.82) is 0 Å². The third-order valence-electron chi connectivity index (χ3n) is 5.50. The first-order valence-electron chi connectivity index (χ1n) is 11.6. The molecule has 0 radical (unpaired) electrons. The van der Waals surface area contributed by atoms with E-state index in [1.807, 2.05) is 0 Å². The molecule has 0 spiro atoms. The normalized spacial score (nSPS) is 10.6. The van der Waals surface area contributed by atoms with Crippen LogP contribution in [0.1, 0.15) is 37.4 Å². The van der Waals surface area contributed by atoms with E-state index in [4.69, 9.17) is 24.5 Å². The number of phenols is 1. The van der Waals surface area contributed by atoms with E-state index in [-0.39, 0.29) is 35.8 Å². The van der Waals surface area contributed by atoms with Crippen molar-refractivity contribution >= 4 is 11.9 Å². The van der Waals surface area contributed by atoms with Crippen molar-refractivity contribution in [2.45, 2.75) is 20.1 Å². The van der Waals surface area contributed by atoms with Gasteiger partial charge in [0.2, 0.25) is 0 Å². The van der Waals surface area contributed by atoms with Crippen molar-refractivity contribution in [1.82, 2.24) is 0 Å². The Kier molecular flexibility index (Phi) is 8.75. The van der Waals surface area contributed by atoms with Crippen LogP contribution >= 0.6 is 0 Å². The van der Waals surface area contributed by atoms with Crippen LogP contribution in [0.25, 0.3) is 0 Å². The monoisotopic (exact) mass is 532 g/mol. The van der Waals surface area contributed by atoms with Crippen molar-refractivity contribution in [3.8, 4) is 28.7 Å². The van der Waals surface area contributed by atoms with Gasteiger partial charge in [-0.1, -0.05) is 17.7 Å². The van der Waals surface area contributed by atoms with Crippen molar-refractivity contribution in [2.75, 3.05) is 0 Å². The van der Waals surface area contributed by atoms with Gasteiger partial charge in [0.25, 0.3) is 0 Å². The van der Waals surface area contributed by atoms with Crippen LogP contribution < -0.4 is 14.4 Å². The molecule has 0 amide bonds. The maximum Gasteiger partial charge on any atom is 0.344 e. The molecule has 0 heterocycles. The largest absolute Gasteiger partial charge is 0.508 e. The summed E-state index contributed by atoms with van der Waals surface area (Å²) in [5.41, 5.74) is 1.76. The Bertz CT molecular complexity index is 1450. The standard InChI is InChI=1S/C29H24O10/c1-18-2-13-26(27(14-18)28(31)32)29(33)38-24-7-5-22(6-8-24)37-23-9-11-25(12-10-23)39-36-17-19-3-4-21(30)15-20(19)16-35-34/h2-15,30,34H,16-17H2,1H3,(H,31,32). The van der Waals surface area contributed by atoms with Crippen LogP contribution in [0.3, 0.4) is 0 Å². The molecule has 0 saturated carbocycles. The van der Waals surface area contributed by atoms with E-state index in [0.717, 1.165) is 5.56 Å². The Morgan fingerprint density at radius 1 is 0.718 bits per heavy atom. The van der Waals surface area contributed by atoms with Crippen molar-refractivity contribution in [3.63, 3.8) is 0 Å². The number of benzene rings is 4. The number of carboxylic acids is 1. The third kappa shape index (κ3) is 7.33. The number of aryl methyl sites for hydroxylation is 1. The number of phenolic OH excluding ortho intramolecular Hbond substituents is 1. The van der Waals surface area contributed by atoms with E-state index in [1.165, 1.54) is 36.4 Å². The second kappa shape index (κ2) is 12.6. The third-order valence-corrected chi connectivity index (χ3v) is 5.50. The van der Waals surface area contributed by atoms with Crippen molar-refractivity contribution in [2.24, 2.45) is 0 Å². The van der Waals surface area contributed by atoms with Crippen LogP contribution in [0.2, 0.25) is 0 Å². The van der Waals surface area contributed by atoms with E-state index >= 15 is 0 Å². The van der Waals surface area contributed by atoms with E-state index in [0.29, 0.717) is 28.4 Å². The Hall–Kier alpha value is -4.90. The number of ether oxygens (including phenoxy) is 2. The van der Waals surface area contributed by atoms with Gasteiger partial charge in [-0.2, -0.15) is 4.89 Å². The second-order valence-electron chi connectivity index (χ2n) is 8.36. The van der Waals surface area contributed by atoms with E-state index in [1.54, 1.807) is 55.5 Å². The molecular weight excluding hydrogens is 508 g/mol. The molecule has 4 aromatic rings. The van der Waals surface area contributed by atoms with Crippen LogP contribution in [0, 0.1) is 6.92 Å². The maximum absolute atomic E-state index is 12.5. The minimum Gasteiger partial charge on any atom is -0.508 e. The first kappa shape index (κ1) is 27.1. The second-order valence-corrected chi connectivity index (χ2v) is 8.36. The van der Waals surface area contributed by atoms with Crippen LogP contribution in [-0.2, 0) is 23.0 Å². The lowest BCUT2D eigenvalue weighted by Crippen LogP contribution is -2.14. The average Bonchev–Trinajstić information content (AvgIpc) is 2.92. The summed E-state index contributed by atoms with van der Waals surface area (Å²) in [6.45, 7) is 1.68. The SMILES string of the molecule is Cc1ccc(C(=O)Oc2ccc(Oc3ccc(OOCc4ccc(O)cc4COO)cc3)cc2)c(C(=O)O)c1. The molecule has 39 heavy (non-hydrogen) atoms. The highest BCUT2D eigenvalue weighted by molar-refractivity contribution is 6.03. The van der Waals surface area contributed by atoms with Crippen molar-refractivity contribution < 1.29 is 49.2 Å². The summed E-state index contributed by atoms with van der Waals surface area (Å²) in [6.07, 6.45) is 0. The smallest absolute Gasteiger partial charge is 0.344 e. The zero-order valence-corrected chi connectivity index (χ0v) is 20.7. The van der Waals surface area contributed by atoms with Gasteiger partial charge in [-0.15, -0.1) is 0 Å². The lowest BCUT2D eigenvalue weighted by atomic mass is 10.0. The molecule has 200 valence electrons. The van der Waals surface area contributed by atoms with E-state index in [9.17, 15) is 19.8 Å². The fraction of sp³-hybridized carbons (Fsp3) is 0.103. The Balaban J connectivity index is 1.30. The summed E-state index contributed by atoms with van der Waals surface area (Å²) in [5.74, 6) is -0.313. The number of aromatic carboxylic acids is 1. The lowest BCUT2D eigenvalue weighted by Gasteiger charge is -2.11. The Morgan fingerprint density at radius 3 is 2.00 bits per heavy atom. The average molecular weight is 533 g/mol. The Labute approximate surface area is 223 Å². The van der Waals surface area contributed by atoms with Gasteiger partial charge in [0.15, 0.2) is 5.75 Å². The number of carbonyl (C=O) groups excluding carboxylic acids is 1. The molecule has 4 aromatic carbocycles. The van der Waals surface area contributed by atoms with Gasteiger partial charge in [-0.3, -0.25) is 5.26 Å². The predicted molar refractivity (Wildman–Crippen MR) is 137 cm³/mol. The zero-order valence-electron chi connectivity index (χ0n) is 20.7. The highest BCUT2D eigenvalue weighted by atomic mass is 17.2. The molecule has 10 nitrogen and oxygen atoms in total. The molecule has 0 unspecified atom stereocenters. The molecule has 0 atom stereocenters. The number of hydrogen-bond acceptors (Lipinski definition) is 9. The minimum atomic E-state index is -1.21. The van der Waals surface area contributed by atoms with Crippen LogP contribution in [0.15, 0.2) is 84.9 Å². The Morgan fingerprint density at radius 2 is 1.36 bits per heavy atom. The number of aromatic hydroxyl groups is 1. The molecule has 0 aliphatic heterocycles. The first-order chi connectivity index (χ1) is 18.8. The van der Waals surface area contributed by atoms with Gasteiger partial charge >= 0.3 is 11.9 Å². The van der Waals surface area contributed by atoms with Gasteiger partial charge in [0, 0.05) is 0 Å². The number of esters is 1. The van der Waals surface area contributed by atoms with Gasteiger partial charge < -0.3 is 24.6 Å². The van der Waals surface area contributed by atoms with Gasteiger partial charge in [-0.25, -0.2) is 14.5 Å². The summed E-state index contributed by atoms with van der Waals surface area (Å²) in [6, 6.07) is 22.0. The minimum absolute atomic E-state index is 0.0366. The fourth-order valence-corrected chi connectivity index (χ4v) is 3.57. The first-order valence-corrected chi connectivity index (χ1v) is 11.6. The lowest BCUT2D eigenvalue weighted by molar-refractivity contribution is -0.253. The highest BCUT2D eigenvalue weighted by Crippen LogP contribution is 2.27. The number of carbonyl (C=O) groups is 2. The van der Waals surface area contributed by atoms with Crippen LogP contribution in [-0.4, -0.2) is 27.4 Å². The summed E-state index contributed by atoms with van der Waals surface area (Å²) in [7, 11) is 0. The van der Waals surface area contributed by atoms with Crippen LogP contribution in [0.4, 0.5) is 0 Å². The number of carboxylic acid groups (broad SMARTS) is 1. The molecule has 0 fully saturated rings. The molecule has 0 bridgehead atoms. The molecule has 0 aliphatic carbocycles. The summed E-state index contributed by atoms with van der Waals surface area (Å²) in [4.78, 5) is 38.7. The molecule has 0 aromatic heterocycles. The number of hydrogen-bond donors (Lipinski definition) is 3. The topological polar surface area (TPSA) is 141 Å². The highest BCUT2D eigenvalue weighted by Gasteiger charge is 2.18. The maximum atomic E-state index is 12.5. The fourth-order valence-electron chi connectivity index (χ4n) is 3.57. The van der Waals surface area contributed by atoms with E-state index in [2.05, 4.69) is 4.89 Å². The molecule has 3 N–H and O–H groups in total. The molecular formula is C29H24O10. The van der Waals surface area contributed by atoms with Crippen molar-refractivity contribution in [3.05, 3.63) is 113 Å². The molecule has 0 aliphatic rings. The van der Waals surface area contributed by atoms with Gasteiger partial charge in [-0.05, 0) is 90.8 Å². The van der Waals surface area contributed by atoms with E-state index < -0.39 is 11.9 Å². The quantitative estimate of drug-likeness (QED) is 0.0924. The number of rotatable bonds is 11. The summed E-state index contributed by atoms with van der Waals surface area (Å²) < 4.78 is 11.1. The predicted octanol–water partition coefficient (Wildman–Crippen LogP) is 5.91. The summed E-state index contributed by atoms with van der Waals surface area (Å²) in [5, 5.41) is 27.6. The zero-order chi connectivity index (χ0) is 27.8. The molecule has 4 rings (SSSR count). The van der Waals surface area contributed by atoms with Gasteiger partial charge in [0.05, 0.1) is 11.1 Å². The van der Waals surface area contributed by atoms with Crippen LogP contribution in [0.5, 0.6) is 28.7 Å². The summed E-state index contributed by atoms with van der Waals surface area (Å²) >= 11 is 0. The molecule has 0 saturated heterocycles. The van der Waals surface area contributed by atoms with Gasteiger partial charge in [0.1, 0.15) is 36.2 Å².